The van der Waals surface area contributed by atoms with Crippen molar-refractivity contribution < 1.29 is 4.79 Å². The summed E-state index contributed by atoms with van der Waals surface area (Å²) in [5, 5.41) is 15.5. The van der Waals surface area contributed by atoms with E-state index in [4.69, 9.17) is 10.2 Å². The number of carbonyl (C=O) groups excluding carboxylic acids is 1. The van der Waals surface area contributed by atoms with Crippen LogP contribution in [0, 0.1) is 16.7 Å². The molecule has 0 aliphatic carbocycles. The smallest absolute Gasteiger partial charge is 0.229 e. The Hall–Kier alpha value is -3.14. The number of nitriles is 1. The zero-order chi connectivity index (χ0) is 21.7. The van der Waals surface area contributed by atoms with Crippen LogP contribution in [0.15, 0.2) is 30.3 Å². The van der Waals surface area contributed by atoms with Crippen molar-refractivity contribution in [3.63, 3.8) is 0 Å². The molecule has 1 atom stereocenters. The predicted molar refractivity (Wildman–Crippen MR) is 119 cm³/mol. The van der Waals surface area contributed by atoms with Gasteiger partial charge in [-0.1, -0.05) is 40.2 Å². The normalized spacial score (nSPS) is 16.2. The van der Waals surface area contributed by atoms with Gasteiger partial charge in [-0.2, -0.15) is 10.2 Å². The molecule has 1 saturated heterocycles. The maximum Gasteiger partial charge on any atom is 0.229 e. The number of hydrogen-bond acceptors (Lipinski definition) is 6. The molecule has 2 aromatic rings. The summed E-state index contributed by atoms with van der Waals surface area (Å²) in [6, 6.07) is 11.6. The highest BCUT2D eigenvalue weighted by Crippen LogP contribution is 2.24. The minimum absolute atomic E-state index is 0.0726. The van der Waals surface area contributed by atoms with E-state index < -0.39 is 5.41 Å². The molecule has 1 aliphatic heterocycles. The molecule has 0 radical (unpaired) electrons. The summed E-state index contributed by atoms with van der Waals surface area (Å²) < 4.78 is 0. The Bertz CT molecular complexity index is 943. The van der Waals surface area contributed by atoms with Gasteiger partial charge in [-0.3, -0.25) is 4.79 Å². The fourth-order valence-electron chi connectivity index (χ4n) is 3.37. The number of hydrogen-bond donors (Lipinski definition) is 2. The Morgan fingerprint density at radius 1 is 1.30 bits per heavy atom. The molecule has 30 heavy (non-hydrogen) atoms. The third-order valence-corrected chi connectivity index (χ3v) is 5.05. The van der Waals surface area contributed by atoms with E-state index in [9.17, 15) is 4.79 Å². The zero-order valence-electron chi connectivity index (χ0n) is 18.2. The first-order valence-electron chi connectivity index (χ1n) is 10.5. The van der Waals surface area contributed by atoms with Crippen LogP contribution in [0.3, 0.4) is 0 Å². The van der Waals surface area contributed by atoms with Crippen LogP contribution in [0.1, 0.15) is 51.8 Å². The molecule has 0 spiro atoms. The summed E-state index contributed by atoms with van der Waals surface area (Å²) in [5.74, 6) is 1.46. The van der Waals surface area contributed by atoms with Gasteiger partial charge >= 0.3 is 0 Å². The molecular weight excluding hydrogens is 376 g/mol. The summed E-state index contributed by atoms with van der Waals surface area (Å²) in [6.45, 7) is 9.47. The molecule has 1 amide bonds. The summed E-state index contributed by atoms with van der Waals surface area (Å²) in [4.78, 5) is 23.9. The van der Waals surface area contributed by atoms with Gasteiger partial charge in [0, 0.05) is 42.0 Å². The predicted octanol–water partition coefficient (Wildman–Crippen LogP) is 3.79. The minimum Gasteiger partial charge on any atom is -0.354 e. The molecule has 1 aromatic carbocycles. The molecule has 158 valence electrons. The number of aryl methyl sites for hydroxylation is 1. The van der Waals surface area contributed by atoms with Crippen molar-refractivity contribution in [3.05, 3.63) is 41.6 Å². The van der Waals surface area contributed by atoms with Crippen molar-refractivity contribution in [1.29, 1.82) is 5.26 Å². The van der Waals surface area contributed by atoms with Crippen molar-refractivity contribution in [3.8, 4) is 6.07 Å². The number of carbonyl (C=O) groups is 1. The number of aromatic nitrogens is 2. The van der Waals surface area contributed by atoms with Crippen molar-refractivity contribution in [2.45, 2.75) is 53.0 Å². The molecular formula is C23H30N6O. The highest BCUT2D eigenvalue weighted by atomic mass is 16.2. The van der Waals surface area contributed by atoms with Crippen LogP contribution < -0.4 is 15.5 Å². The van der Waals surface area contributed by atoms with E-state index in [2.05, 4.69) is 33.5 Å². The van der Waals surface area contributed by atoms with Crippen LogP contribution in [-0.4, -0.2) is 35.0 Å². The lowest BCUT2D eigenvalue weighted by Crippen LogP contribution is -2.43. The lowest BCUT2D eigenvalue weighted by atomic mass is 9.95. The molecule has 7 nitrogen and oxygen atoms in total. The maximum atomic E-state index is 12.3. The fourth-order valence-corrected chi connectivity index (χ4v) is 3.37. The molecule has 1 fully saturated rings. The lowest BCUT2D eigenvalue weighted by Gasteiger charge is -2.22. The number of amides is 1. The largest absolute Gasteiger partial charge is 0.354 e. The third-order valence-electron chi connectivity index (χ3n) is 5.05. The van der Waals surface area contributed by atoms with E-state index in [-0.39, 0.29) is 11.9 Å². The Morgan fingerprint density at radius 3 is 2.80 bits per heavy atom. The highest BCUT2D eigenvalue weighted by molar-refractivity contribution is 5.81. The number of nitrogens with zero attached hydrogens (tertiary/aromatic N) is 4. The minimum atomic E-state index is -0.397. The average molecular weight is 407 g/mol. The van der Waals surface area contributed by atoms with Crippen LogP contribution >= 0.6 is 0 Å². The van der Waals surface area contributed by atoms with Crippen molar-refractivity contribution in [2.75, 3.05) is 23.3 Å². The summed E-state index contributed by atoms with van der Waals surface area (Å²) in [5.41, 5.74) is 1.95. The number of benzene rings is 1. The topological polar surface area (TPSA) is 93.9 Å². The Labute approximate surface area is 178 Å². The highest BCUT2D eigenvalue weighted by Gasteiger charge is 2.29. The molecule has 3 rings (SSSR count). The summed E-state index contributed by atoms with van der Waals surface area (Å²) in [7, 11) is 0. The molecule has 2 N–H and O–H groups in total. The summed E-state index contributed by atoms with van der Waals surface area (Å²) >= 11 is 0. The molecule has 7 heteroatoms. The average Bonchev–Trinajstić information content (AvgIpc) is 3.16. The van der Waals surface area contributed by atoms with Crippen molar-refractivity contribution >= 4 is 23.4 Å². The van der Waals surface area contributed by atoms with Crippen molar-refractivity contribution in [2.24, 2.45) is 5.41 Å². The first-order chi connectivity index (χ1) is 14.3. The molecule has 2 heterocycles. The van der Waals surface area contributed by atoms with E-state index in [1.807, 2.05) is 39.0 Å². The van der Waals surface area contributed by atoms with Gasteiger partial charge in [-0.05, 0) is 31.0 Å². The van der Waals surface area contributed by atoms with Crippen LogP contribution in [-0.2, 0) is 11.2 Å². The van der Waals surface area contributed by atoms with E-state index >= 15 is 0 Å². The van der Waals surface area contributed by atoms with Gasteiger partial charge in [-0.15, -0.1) is 0 Å². The number of nitrogens with one attached hydrogen (secondary N) is 2. The van der Waals surface area contributed by atoms with E-state index in [0.717, 1.165) is 49.6 Å². The fraction of sp³-hybridized carbons (Fsp3) is 0.478. The Kier molecular flexibility index (Phi) is 6.56. The first-order valence-corrected chi connectivity index (χ1v) is 10.5. The van der Waals surface area contributed by atoms with Gasteiger partial charge in [0.1, 0.15) is 5.82 Å². The second-order valence-electron chi connectivity index (χ2n) is 8.76. The standard InChI is InChI=1S/C23H30N6O/c1-5-7-17-13-20(29-11-10-19(15-29)25-21(30)23(2,3)4)28-22(26-17)27-18-9-6-8-16(12-18)14-24/h6,8-9,12-13,19H,5,7,10-11,15H2,1-4H3,(H,25,30)(H,26,27,28)/t19-/m0/s1. The summed E-state index contributed by atoms with van der Waals surface area (Å²) in [6.07, 6.45) is 2.74. The zero-order valence-corrected chi connectivity index (χ0v) is 18.2. The van der Waals surface area contributed by atoms with Gasteiger partial charge in [0.2, 0.25) is 11.9 Å². The maximum absolute atomic E-state index is 12.3. The van der Waals surface area contributed by atoms with Gasteiger partial charge in [0.15, 0.2) is 0 Å². The van der Waals surface area contributed by atoms with Gasteiger partial charge < -0.3 is 15.5 Å². The Balaban J connectivity index is 1.78. The monoisotopic (exact) mass is 406 g/mol. The number of anilines is 3. The first kappa shape index (κ1) is 21.6. The van der Waals surface area contributed by atoms with Crippen LogP contribution in [0.2, 0.25) is 0 Å². The van der Waals surface area contributed by atoms with E-state index in [1.165, 1.54) is 0 Å². The van der Waals surface area contributed by atoms with Gasteiger partial charge in [0.05, 0.1) is 11.6 Å². The molecule has 0 unspecified atom stereocenters. The molecule has 0 bridgehead atoms. The lowest BCUT2D eigenvalue weighted by molar-refractivity contribution is -0.129. The van der Waals surface area contributed by atoms with Gasteiger partial charge in [-0.25, -0.2) is 4.98 Å². The van der Waals surface area contributed by atoms with E-state index in [0.29, 0.717) is 11.5 Å². The van der Waals surface area contributed by atoms with Crippen molar-refractivity contribution in [1.82, 2.24) is 15.3 Å². The second kappa shape index (κ2) is 9.12. The Morgan fingerprint density at radius 2 is 2.10 bits per heavy atom. The molecule has 1 aliphatic rings. The second-order valence-corrected chi connectivity index (χ2v) is 8.76. The van der Waals surface area contributed by atoms with Crippen LogP contribution in [0.4, 0.5) is 17.5 Å². The van der Waals surface area contributed by atoms with Crippen LogP contribution in [0.5, 0.6) is 0 Å². The van der Waals surface area contributed by atoms with Gasteiger partial charge in [0.25, 0.3) is 0 Å². The molecule has 1 aromatic heterocycles. The SMILES string of the molecule is CCCc1cc(N2CC[C@H](NC(=O)C(C)(C)C)C2)nc(Nc2cccc(C#N)c2)n1. The number of rotatable bonds is 6. The molecule has 0 saturated carbocycles. The quantitative estimate of drug-likeness (QED) is 0.758. The van der Waals surface area contributed by atoms with Crippen LogP contribution in [0.25, 0.3) is 0 Å². The van der Waals surface area contributed by atoms with E-state index in [1.54, 1.807) is 12.1 Å². The third kappa shape index (κ3) is 5.47.